The fraction of sp³-hybridized carbons (Fsp3) is 0.316. The van der Waals surface area contributed by atoms with Gasteiger partial charge < -0.3 is 14.6 Å². The van der Waals surface area contributed by atoms with Gasteiger partial charge in [0.2, 0.25) is 0 Å². The molecular weight excluding hydrogens is 292 g/mol. The number of benzene rings is 2. The van der Waals surface area contributed by atoms with Crippen LogP contribution < -0.4 is 4.74 Å². The molecule has 0 saturated heterocycles. The van der Waals surface area contributed by atoms with Crippen molar-refractivity contribution >= 4 is 5.78 Å². The lowest BCUT2D eigenvalue weighted by Crippen LogP contribution is -2.04. The molecule has 4 nitrogen and oxygen atoms in total. The molecule has 0 unspecified atom stereocenters. The average Bonchev–Trinajstić information content (AvgIpc) is 2.58. The highest BCUT2D eigenvalue weighted by atomic mass is 16.7. The van der Waals surface area contributed by atoms with Gasteiger partial charge in [0.1, 0.15) is 5.75 Å². The minimum absolute atomic E-state index is 0.0398. The Labute approximate surface area is 136 Å². The van der Waals surface area contributed by atoms with Gasteiger partial charge in [-0.25, -0.2) is 0 Å². The molecule has 2 aromatic carbocycles. The summed E-state index contributed by atoms with van der Waals surface area (Å²) < 4.78 is 10.4. The van der Waals surface area contributed by atoms with Crippen LogP contribution in [0.25, 0.3) is 11.1 Å². The van der Waals surface area contributed by atoms with E-state index in [4.69, 9.17) is 14.6 Å². The molecule has 4 heteroatoms. The summed E-state index contributed by atoms with van der Waals surface area (Å²) in [5.41, 5.74) is 3.77. The number of ether oxygens (including phenoxy) is 2. The lowest BCUT2D eigenvalue weighted by atomic mass is 9.99. The summed E-state index contributed by atoms with van der Waals surface area (Å²) in [6, 6.07) is 13.7. The first-order chi connectivity index (χ1) is 11.2. The van der Waals surface area contributed by atoms with Crippen molar-refractivity contribution in [2.24, 2.45) is 0 Å². The predicted octanol–water partition coefficient (Wildman–Crippen LogP) is 3.46. The molecule has 0 aliphatic carbocycles. The summed E-state index contributed by atoms with van der Waals surface area (Å²) >= 11 is 0. The standard InChI is InChI=1S/C19H22O4/c1-14(21)18-10-9-17(12-19(18)23-13-22-2)16-7-5-15(6-8-16)4-3-11-20/h5-10,12,20H,3-4,11,13H2,1-2H3. The lowest BCUT2D eigenvalue weighted by molar-refractivity contribution is 0.0503. The van der Waals surface area contributed by atoms with Crippen molar-refractivity contribution in [1.29, 1.82) is 0 Å². The highest BCUT2D eigenvalue weighted by Crippen LogP contribution is 2.28. The van der Waals surface area contributed by atoms with Crippen molar-refractivity contribution in [3.8, 4) is 16.9 Å². The van der Waals surface area contributed by atoms with Crippen LogP contribution in [0.2, 0.25) is 0 Å². The van der Waals surface area contributed by atoms with Crippen molar-refractivity contribution in [2.45, 2.75) is 19.8 Å². The van der Waals surface area contributed by atoms with Crippen LogP contribution in [0, 0.1) is 0 Å². The van der Waals surface area contributed by atoms with E-state index in [1.165, 1.54) is 12.5 Å². The Morgan fingerprint density at radius 3 is 2.39 bits per heavy atom. The zero-order valence-electron chi connectivity index (χ0n) is 13.5. The van der Waals surface area contributed by atoms with Crippen molar-refractivity contribution in [3.63, 3.8) is 0 Å². The summed E-state index contributed by atoms with van der Waals surface area (Å²) in [5, 5.41) is 8.88. The maximum absolute atomic E-state index is 11.7. The number of rotatable bonds is 8. The number of aliphatic hydroxyl groups excluding tert-OH is 1. The summed E-state index contributed by atoms with van der Waals surface area (Å²) in [7, 11) is 1.54. The number of ketones is 1. The number of methoxy groups -OCH3 is 1. The van der Waals surface area contributed by atoms with Gasteiger partial charge in [-0.2, -0.15) is 0 Å². The Balaban J connectivity index is 2.26. The van der Waals surface area contributed by atoms with Crippen molar-refractivity contribution < 1.29 is 19.4 Å². The van der Waals surface area contributed by atoms with Crippen molar-refractivity contribution in [2.75, 3.05) is 20.5 Å². The van der Waals surface area contributed by atoms with Crippen LogP contribution in [0.1, 0.15) is 29.3 Å². The maximum Gasteiger partial charge on any atom is 0.188 e. The Bertz CT molecular complexity index is 647. The summed E-state index contributed by atoms with van der Waals surface area (Å²) in [6.45, 7) is 1.82. The Morgan fingerprint density at radius 1 is 1.09 bits per heavy atom. The van der Waals surface area contributed by atoms with Gasteiger partial charge in [-0.3, -0.25) is 4.79 Å². The summed E-state index contributed by atoms with van der Waals surface area (Å²) in [5.74, 6) is 0.489. The lowest BCUT2D eigenvalue weighted by Gasteiger charge is -2.11. The molecule has 1 N–H and O–H groups in total. The molecule has 0 heterocycles. The number of hydrogen-bond acceptors (Lipinski definition) is 4. The Hall–Kier alpha value is -2.17. The van der Waals surface area contributed by atoms with Crippen LogP contribution in [0.5, 0.6) is 5.75 Å². The molecule has 0 spiro atoms. The van der Waals surface area contributed by atoms with E-state index in [1.807, 2.05) is 24.3 Å². The second kappa shape index (κ2) is 8.46. The van der Waals surface area contributed by atoms with Crippen LogP contribution in [0.3, 0.4) is 0 Å². The SMILES string of the molecule is COCOc1cc(-c2ccc(CCCO)cc2)ccc1C(C)=O. The van der Waals surface area contributed by atoms with E-state index in [-0.39, 0.29) is 19.2 Å². The molecule has 0 aliphatic heterocycles. The highest BCUT2D eigenvalue weighted by Gasteiger charge is 2.10. The molecule has 2 aromatic rings. The molecule has 2 rings (SSSR count). The third-order valence-corrected chi connectivity index (χ3v) is 3.60. The number of carbonyl (C=O) groups is 1. The van der Waals surface area contributed by atoms with Gasteiger partial charge in [0.15, 0.2) is 12.6 Å². The highest BCUT2D eigenvalue weighted by molar-refractivity contribution is 5.97. The quantitative estimate of drug-likeness (QED) is 0.599. The van der Waals surface area contributed by atoms with Gasteiger partial charge >= 0.3 is 0 Å². The van der Waals surface area contributed by atoms with Gasteiger partial charge in [-0.15, -0.1) is 0 Å². The predicted molar refractivity (Wildman–Crippen MR) is 89.8 cm³/mol. The molecular formula is C19H22O4. The molecule has 23 heavy (non-hydrogen) atoms. The van der Waals surface area contributed by atoms with Gasteiger partial charge in [-0.05, 0) is 48.6 Å². The van der Waals surface area contributed by atoms with Crippen LogP contribution >= 0.6 is 0 Å². The minimum atomic E-state index is -0.0398. The topological polar surface area (TPSA) is 55.8 Å². The zero-order valence-corrected chi connectivity index (χ0v) is 13.5. The smallest absolute Gasteiger partial charge is 0.188 e. The second-order valence-corrected chi connectivity index (χ2v) is 5.34. The van der Waals surface area contributed by atoms with Crippen molar-refractivity contribution in [3.05, 3.63) is 53.6 Å². The van der Waals surface area contributed by atoms with E-state index in [0.29, 0.717) is 11.3 Å². The summed E-state index contributed by atoms with van der Waals surface area (Å²) in [6.07, 6.45) is 1.63. The monoisotopic (exact) mass is 314 g/mol. The van der Waals surface area contributed by atoms with Gasteiger partial charge in [0, 0.05) is 13.7 Å². The molecule has 122 valence electrons. The number of aliphatic hydroxyl groups is 1. The first-order valence-corrected chi connectivity index (χ1v) is 7.62. The molecule has 0 amide bonds. The van der Waals surface area contributed by atoms with Crippen LogP contribution in [-0.4, -0.2) is 31.4 Å². The third-order valence-electron chi connectivity index (χ3n) is 3.60. The van der Waals surface area contributed by atoms with E-state index < -0.39 is 0 Å². The van der Waals surface area contributed by atoms with E-state index >= 15 is 0 Å². The number of aryl methyl sites for hydroxylation is 1. The van der Waals surface area contributed by atoms with E-state index in [0.717, 1.165) is 24.0 Å². The first-order valence-electron chi connectivity index (χ1n) is 7.62. The molecule has 0 aromatic heterocycles. The fourth-order valence-electron chi connectivity index (χ4n) is 2.38. The van der Waals surface area contributed by atoms with Gasteiger partial charge in [0.05, 0.1) is 5.56 Å². The fourth-order valence-corrected chi connectivity index (χ4v) is 2.38. The Kier molecular flexibility index (Phi) is 6.32. The molecule has 0 aliphatic rings. The molecule has 0 fully saturated rings. The summed E-state index contributed by atoms with van der Waals surface area (Å²) in [4.78, 5) is 11.7. The van der Waals surface area contributed by atoms with Gasteiger partial charge in [0.25, 0.3) is 0 Å². The number of hydrogen-bond donors (Lipinski definition) is 1. The largest absolute Gasteiger partial charge is 0.467 e. The second-order valence-electron chi connectivity index (χ2n) is 5.34. The normalized spacial score (nSPS) is 10.6. The Morgan fingerprint density at radius 2 is 1.78 bits per heavy atom. The molecule has 0 saturated carbocycles. The molecule has 0 radical (unpaired) electrons. The number of Topliss-reactive ketones (excluding diaryl/α,β-unsaturated/α-hetero) is 1. The van der Waals surface area contributed by atoms with Crippen LogP contribution in [0.4, 0.5) is 0 Å². The molecule has 0 atom stereocenters. The van der Waals surface area contributed by atoms with E-state index in [1.54, 1.807) is 13.2 Å². The van der Waals surface area contributed by atoms with E-state index in [9.17, 15) is 4.79 Å². The molecule has 0 bridgehead atoms. The van der Waals surface area contributed by atoms with Crippen LogP contribution in [-0.2, 0) is 11.2 Å². The first kappa shape index (κ1) is 17.2. The van der Waals surface area contributed by atoms with Crippen LogP contribution in [0.15, 0.2) is 42.5 Å². The average molecular weight is 314 g/mol. The number of carbonyl (C=O) groups excluding carboxylic acids is 1. The minimum Gasteiger partial charge on any atom is -0.467 e. The van der Waals surface area contributed by atoms with Crippen molar-refractivity contribution in [1.82, 2.24) is 0 Å². The maximum atomic E-state index is 11.7. The third kappa shape index (κ3) is 4.65. The van der Waals surface area contributed by atoms with Gasteiger partial charge in [-0.1, -0.05) is 30.3 Å². The zero-order chi connectivity index (χ0) is 16.7. The van der Waals surface area contributed by atoms with E-state index in [2.05, 4.69) is 12.1 Å².